The summed E-state index contributed by atoms with van der Waals surface area (Å²) in [6.07, 6.45) is 4.98. The third-order valence-corrected chi connectivity index (χ3v) is 3.70. The number of nitrogens with one attached hydrogen (secondary N) is 1. The summed E-state index contributed by atoms with van der Waals surface area (Å²) in [6.45, 7) is 4.31. The Kier molecular flexibility index (Phi) is 2.28. The van der Waals surface area contributed by atoms with Crippen LogP contribution in [-0.2, 0) is 6.42 Å². The molecule has 82 valence electrons. The quantitative estimate of drug-likeness (QED) is 0.822. The lowest BCUT2D eigenvalue weighted by atomic mass is 9.82. The summed E-state index contributed by atoms with van der Waals surface area (Å²) in [5, 5.41) is 3.28. The van der Waals surface area contributed by atoms with Gasteiger partial charge in [0, 0.05) is 12.3 Å². The SMILES string of the molecule is Cc1oc(CC2CNC2)nc1C1CCC1. The van der Waals surface area contributed by atoms with Gasteiger partial charge in [-0.25, -0.2) is 4.98 Å². The number of aryl methyl sites for hydroxylation is 1. The Hall–Kier alpha value is -0.830. The molecular weight excluding hydrogens is 188 g/mol. The van der Waals surface area contributed by atoms with Crippen LogP contribution in [-0.4, -0.2) is 18.1 Å². The van der Waals surface area contributed by atoms with Crippen molar-refractivity contribution in [1.82, 2.24) is 10.3 Å². The molecule has 3 heteroatoms. The molecule has 0 radical (unpaired) electrons. The van der Waals surface area contributed by atoms with Gasteiger partial charge in [0.15, 0.2) is 5.89 Å². The van der Waals surface area contributed by atoms with E-state index in [-0.39, 0.29) is 0 Å². The van der Waals surface area contributed by atoms with Gasteiger partial charge in [0.2, 0.25) is 0 Å². The molecule has 15 heavy (non-hydrogen) atoms. The molecular formula is C12H18N2O. The first kappa shape index (κ1) is 9.40. The minimum Gasteiger partial charge on any atom is -0.446 e. The van der Waals surface area contributed by atoms with Crippen LogP contribution >= 0.6 is 0 Å². The molecule has 1 aliphatic heterocycles. The van der Waals surface area contributed by atoms with E-state index in [1.165, 1.54) is 25.0 Å². The molecule has 0 atom stereocenters. The van der Waals surface area contributed by atoms with Gasteiger partial charge in [0.25, 0.3) is 0 Å². The molecule has 0 amide bonds. The highest BCUT2D eigenvalue weighted by molar-refractivity contribution is 5.16. The van der Waals surface area contributed by atoms with Crippen molar-refractivity contribution in [3.05, 3.63) is 17.3 Å². The third-order valence-electron chi connectivity index (χ3n) is 3.70. The van der Waals surface area contributed by atoms with E-state index in [1.54, 1.807) is 0 Å². The second-order valence-electron chi connectivity index (χ2n) is 4.91. The predicted molar refractivity (Wildman–Crippen MR) is 57.9 cm³/mol. The zero-order valence-corrected chi connectivity index (χ0v) is 9.25. The molecule has 1 aromatic rings. The van der Waals surface area contributed by atoms with Crippen molar-refractivity contribution in [1.29, 1.82) is 0 Å². The second-order valence-corrected chi connectivity index (χ2v) is 4.91. The monoisotopic (exact) mass is 206 g/mol. The van der Waals surface area contributed by atoms with E-state index < -0.39 is 0 Å². The van der Waals surface area contributed by atoms with E-state index in [0.29, 0.717) is 5.92 Å². The first-order valence-electron chi connectivity index (χ1n) is 6.00. The molecule has 2 fully saturated rings. The molecule has 1 N–H and O–H groups in total. The summed E-state index contributed by atoms with van der Waals surface area (Å²) in [7, 11) is 0. The van der Waals surface area contributed by atoms with Crippen molar-refractivity contribution in [2.75, 3.05) is 13.1 Å². The van der Waals surface area contributed by atoms with Crippen LogP contribution < -0.4 is 5.32 Å². The normalized spacial score (nSPS) is 22.5. The van der Waals surface area contributed by atoms with Gasteiger partial charge >= 0.3 is 0 Å². The number of rotatable bonds is 3. The van der Waals surface area contributed by atoms with E-state index in [1.807, 2.05) is 0 Å². The van der Waals surface area contributed by atoms with Gasteiger partial charge in [0.1, 0.15) is 5.76 Å². The lowest BCUT2D eigenvalue weighted by Gasteiger charge is -2.25. The maximum absolute atomic E-state index is 5.74. The summed E-state index contributed by atoms with van der Waals surface area (Å²) in [6, 6.07) is 0. The number of oxazole rings is 1. The molecule has 0 aromatic carbocycles. The minimum atomic E-state index is 0.696. The zero-order chi connectivity index (χ0) is 10.3. The Morgan fingerprint density at radius 2 is 2.20 bits per heavy atom. The molecule has 1 saturated carbocycles. The number of nitrogens with zero attached hydrogens (tertiary/aromatic N) is 1. The smallest absolute Gasteiger partial charge is 0.194 e. The third kappa shape index (κ3) is 1.69. The fraction of sp³-hybridized carbons (Fsp3) is 0.750. The summed E-state index contributed by atoms with van der Waals surface area (Å²) < 4.78 is 5.74. The highest BCUT2D eigenvalue weighted by Crippen LogP contribution is 2.37. The Balaban J connectivity index is 1.72. The fourth-order valence-corrected chi connectivity index (χ4v) is 2.35. The summed E-state index contributed by atoms with van der Waals surface area (Å²) in [5.41, 5.74) is 1.24. The van der Waals surface area contributed by atoms with E-state index in [2.05, 4.69) is 17.2 Å². The summed E-state index contributed by atoms with van der Waals surface area (Å²) in [4.78, 5) is 4.66. The molecule has 0 bridgehead atoms. The lowest BCUT2D eigenvalue weighted by Crippen LogP contribution is -2.43. The van der Waals surface area contributed by atoms with Crippen LogP contribution in [0.15, 0.2) is 4.42 Å². The van der Waals surface area contributed by atoms with Gasteiger partial charge in [-0.3, -0.25) is 0 Å². The molecule has 3 rings (SSSR count). The van der Waals surface area contributed by atoms with Crippen molar-refractivity contribution in [2.24, 2.45) is 5.92 Å². The van der Waals surface area contributed by atoms with Crippen molar-refractivity contribution in [2.45, 2.75) is 38.5 Å². The van der Waals surface area contributed by atoms with Gasteiger partial charge in [-0.15, -0.1) is 0 Å². The molecule has 0 spiro atoms. The Labute approximate surface area is 90.3 Å². The molecule has 3 nitrogen and oxygen atoms in total. The van der Waals surface area contributed by atoms with Crippen molar-refractivity contribution in [3.8, 4) is 0 Å². The van der Waals surface area contributed by atoms with Gasteiger partial charge in [-0.2, -0.15) is 0 Å². The number of hydrogen-bond donors (Lipinski definition) is 1. The maximum atomic E-state index is 5.74. The summed E-state index contributed by atoms with van der Waals surface area (Å²) in [5.74, 6) is 3.46. The highest BCUT2D eigenvalue weighted by atomic mass is 16.4. The predicted octanol–water partition coefficient (Wildman–Crippen LogP) is 2.01. The zero-order valence-electron chi connectivity index (χ0n) is 9.25. The maximum Gasteiger partial charge on any atom is 0.194 e. The topological polar surface area (TPSA) is 38.1 Å². The molecule has 1 aromatic heterocycles. The summed E-state index contributed by atoms with van der Waals surface area (Å²) >= 11 is 0. The van der Waals surface area contributed by atoms with Gasteiger partial charge in [0.05, 0.1) is 5.69 Å². The van der Waals surface area contributed by atoms with Gasteiger partial charge in [-0.05, 0) is 38.8 Å². The van der Waals surface area contributed by atoms with Gasteiger partial charge in [-0.1, -0.05) is 6.42 Å². The van der Waals surface area contributed by atoms with E-state index >= 15 is 0 Å². The van der Waals surface area contributed by atoms with Crippen LogP contribution in [0.4, 0.5) is 0 Å². The largest absolute Gasteiger partial charge is 0.446 e. The van der Waals surface area contributed by atoms with Crippen LogP contribution in [0.2, 0.25) is 0 Å². The number of aromatic nitrogens is 1. The average molecular weight is 206 g/mol. The second kappa shape index (κ2) is 3.63. The van der Waals surface area contributed by atoms with Crippen LogP contribution in [0.3, 0.4) is 0 Å². The van der Waals surface area contributed by atoms with Gasteiger partial charge < -0.3 is 9.73 Å². The van der Waals surface area contributed by atoms with Crippen LogP contribution in [0.25, 0.3) is 0 Å². The average Bonchev–Trinajstić information content (AvgIpc) is 2.38. The van der Waals surface area contributed by atoms with Crippen molar-refractivity contribution < 1.29 is 4.42 Å². The van der Waals surface area contributed by atoms with Crippen LogP contribution in [0, 0.1) is 12.8 Å². The highest BCUT2D eigenvalue weighted by Gasteiger charge is 2.27. The molecule has 2 aliphatic rings. The Morgan fingerprint density at radius 3 is 2.73 bits per heavy atom. The standard InChI is InChI=1S/C12H18N2O/c1-8-12(10-3-2-4-10)14-11(15-8)5-9-6-13-7-9/h9-10,13H,2-7H2,1H3. The van der Waals surface area contributed by atoms with Crippen LogP contribution in [0.1, 0.15) is 42.5 Å². The fourth-order valence-electron chi connectivity index (χ4n) is 2.35. The Morgan fingerprint density at radius 1 is 1.40 bits per heavy atom. The minimum absolute atomic E-state index is 0.696. The van der Waals surface area contributed by atoms with E-state index in [0.717, 1.165) is 37.1 Å². The lowest BCUT2D eigenvalue weighted by molar-refractivity contribution is 0.315. The van der Waals surface area contributed by atoms with Crippen molar-refractivity contribution in [3.63, 3.8) is 0 Å². The van der Waals surface area contributed by atoms with Crippen molar-refractivity contribution >= 4 is 0 Å². The molecule has 2 heterocycles. The number of hydrogen-bond acceptors (Lipinski definition) is 3. The van der Waals surface area contributed by atoms with E-state index in [9.17, 15) is 0 Å². The first-order valence-corrected chi connectivity index (χ1v) is 6.00. The van der Waals surface area contributed by atoms with Crippen LogP contribution in [0.5, 0.6) is 0 Å². The van der Waals surface area contributed by atoms with E-state index in [4.69, 9.17) is 4.42 Å². The Bertz CT molecular complexity index is 351. The molecule has 0 unspecified atom stereocenters. The molecule has 1 aliphatic carbocycles. The molecule has 1 saturated heterocycles. The first-order chi connectivity index (χ1) is 7.33.